The molecule has 0 fully saturated rings. The molecule has 0 unspecified atom stereocenters. The highest BCUT2D eigenvalue weighted by molar-refractivity contribution is 6.26. The van der Waals surface area contributed by atoms with Crippen LogP contribution in [-0.2, 0) is 4.79 Å². The topological polar surface area (TPSA) is 95.3 Å². The van der Waals surface area contributed by atoms with Gasteiger partial charge in [0.1, 0.15) is 11.5 Å². The normalized spacial score (nSPS) is 18.9. The lowest BCUT2D eigenvalue weighted by atomic mass is 9.98. The van der Waals surface area contributed by atoms with Crippen molar-refractivity contribution in [1.29, 1.82) is 0 Å². The Morgan fingerprint density at radius 2 is 1.18 bits per heavy atom. The molecular weight excluding hydrogens is 620 g/mol. The number of benzene rings is 2. The Bertz CT molecular complexity index is 2470. The van der Waals surface area contributed by atoms with Gasteiger partial charge in [0.05, 0.1) is 25.6 Å². The van der Waals surface area contributed by atoms with Crippen LogP contribution < -0.4 is 20.2 Å². The third-order valence-corrected chi connectivity index (χ3v) is 9.29. The van der Waals surface area contributed by atoms with Gasteiger partial charge in [-0.3, -0.25) is 4.79 Å². The third kappa shape index (κ3) is 5.62. The first-order chi connectivity index (χ1) is 24.5. The van der Waals surface area contributed by atoms with E-state index in [1.807, 2.05) is 42.5 Å². The van der Waals surface area contributed by atoms with Gasteiger partial charge >= 0.3 is 0 Å². The summed E-state index contributed by atoms with van der Waals surface area (Å²) in [4.78, 5) is 28.8. The number of nitrogens with zero attached hydrogens (tertiary/aromatic N) is 1. The second-order valence-electron chi connectivity index (χ2n) is 12.4. The number of rotatable bonds is 6. The first kappa shape index (κ1) is 31.0. The lowest BCUT2D eigenvalue weighted by molar-refractivity contribution is -0.110. The number of allylic oxidation sites excluding steroid dienone is 7. The quantitative estimate of drug-likeness (QED) is 0.181. The van der Waals surface area contributed by atoms with Crippen LogP contribution in [0.5, 0.6) is 11.5 Å². The summed E-state index contributed by atoms with van der Waals surface area (Å²) in [7, 11) is 3.37. The van der Waals surface area contributed by atoms with Gasteiger partial charge in [0.25, 0.3) is 0 Å². The molecule has 1 aliphatic carbocycles. The standard InChI is InChI=1S/C43H36N4O3/c1-4-7-32-33-16-18-37(44-33)42(27-8-5-10-30(24-27)49-2)39-22-20-35(46-39)41(26-12-14-29(48)15-13-26)36-21-23-40(47-36)43(38-19-17-34(32)45-38)28-9-6-11-31(25-28)50-3/h5-6,8-25,44,46-47H,4,7H2,1-3H3/b33-32-,42-37-,43-38-. The summed E-state index contributed by atoms with van der Waals surface area (Å²) in [5, 5.41) is 2.00. The number of nitrogens with one attached hydrogen (secondary N) is 3. The Labute approximate surface area is 290 Å². The number of methoxy groups -OCH3 is 2. The van der Waals surface area contributed by atoms with Crippen LogP contribution in [0.15, 0.2) is 138 Å². The van der Waals surface area contributed by atoms with Crippen LogP contribution in [0.4, 0.5) is 0 Å². The highest BCUT2D eigenvalue weighted by Gasteiger charge is 2.22. The van der Waals surface area contributed by atoms with Crippen LogP contribution >= 0.6 is 0 Å². The van der Waals surface area contributed by atoms with Crippen molar-refractivity contribution in [2.75, 3.05) is 14.2 Å². The molecule has 3 aromatic heterocycles. The van der Waals surface area contributed by atoms with Gasteiger partial charge in [-0.05, 0) is 108 Å². The van der Waals surface area contributed by atoms with Gasteiger partial charge in [-0.25, -0.2) is 4.99 Å². The van der Waals surface area contributed by atoms with Gasteiger partial charge in [0.15, 0.2) is 5.78 Å². The van der Waals surface area contributed by atoms with Crippen LogP contribution in [0.1, 0.15) is 53.7 Å². The van der Waals surface area contributed by atoms with E-state index >= 15 is 0 Å². The van der Waals surface area contributed by atoms with Crippen LogP contribution in [0.2, 0.25) is 0 Å². The molecule has 8 bridgehead atoms. The molecule has 0 saturated heterocycles. The minimum atomic E-state index is -0.0379. The largest absolute Gasteiger partial charge is 0.497 e. The fourth-order valence-corrected chi connectivity index (χ4v) is 6.94. The minimum Gasteiger partial charge on any atom is -0.497 e. The van der Waals surface area contributed by atoms with E-state index in [0.29, 0.717) is 0 Å². The zero-order valence-corrected chi connectivity index (χ0v) is 28.1. The summed E-state index contributed by atoms with van der Waals surface area (Å²) < 4.78 is 11.3. The number of fused-ring (bicyclic) bond motifs is 7. The molecule has 7 heteroatoms. The van der Waals surface area contributed by atoms with E-state index in [1.54, 1.807) is 26.4 Å². The summed E-state index contributed by atoms with van der Waals surface area (Å²) in [6.45, 7) is 2.20. The van der Waals surface area contributed by atoms with Gasteiger partial charge in [-0.2, -0.15) is 0 Å². The molecule has 246 valence electrons. The summed E-state index contributed by atoms with van der Waals surface area (Å²) >= 11 is 0. The number of hydrogen-bond acceptors (Lipinski definition) is 4. The van der Waals surface area contributed by atoms with Crippen molar-refractivity contribution in [1.82, 2.24) is 15.0 Å². The number of aliphatic imine (C=N–C) groups is 1. The molecule has 5 aromatic rings. The van der Waals surface area contributed by atoms with Crippen molar-refractivity contribution < 1.29 is 14.3 Å². The Morgan fingerprint density at radius 3 is 1.80 bits per heavy atom. The van der Waals surface area contributed by atoms with Gasteiger partial charge in [-0.1, -0.05) is 49.8 Å². The summed E-state index contributed by atoms with van der Waals surface area (Å²) in [5.74, 6) is 1.51. The average molecular weight is 657 g/mol. The van der Waals surface area contributed by atoms with E-state index in [0.717, 1.165) is 108 Å². The predicted molar refractivity (Wildman–Crippen MR) is 199 cm³/mol. The fourth-order valence-electron chi connectivity index (χ4n) is 6.94. The number of aromatic amines is 3. The molecule has 2 aromatic carbocycles. The monoisotopic (exact) mass is 656 g/mol. The predicted octanol–water partition coefficient (Wildman–Crippen LogP) is 7.17. The van der Waals surface area contributed by atoms with Crippen molar-refractivity contribution in [3.63, 3.8) is 0 Å². The lowest BCUT2D eigenvalue weighted by Gasteiger charge is -2.13. The number of ether oxygens (including phenoxy) is 2. The first-order valence-electron chi connectivity index (χ1n) is 16.8. The van der Waals surface area contributed by atoms with E-state index in [9.17, 15) is 4.79 Å². The van der Waals surface area contributed by atoms with Gasteiger partial charge in [-0.15, -0.1) is 0 Å². The molecule has 5 heterocycles. The average Bonchev–Trinajstić information content (AvgIpc) is 3.98. The maximum atomic E-state index is 12.2. The molecule has 7 nitrogen and oxygen atoms in total. The number of carbonyl (C=O) groups is 1. The second kappa shape index (κ2) is 12.9. The molecule has 50 heavy (non-hydrogen) atoms. The first-order valence-corrected chi connectivity index (χ1v) is 16.8. The number of aromatic nitrogens is 3. The van der Waals surface area contributed by atoms with Crippen molar-refractivity contribution in [2.24, 2.45) is 4.99 Å². The molecule has 3 N–H and O–H groups in total. The lowest BCUT2D eigenvalue weighted by Crippen LogP contribution is -2.19. The van der Waals surface area contributed by atoms with Gasteiger partial charge in [0, 0.05) is 55.8 Å². The maximum absolute atomic E-state index is 12.2. The molecular formula is C43H36N4O3. The molecule has 0 saturated carbocycles. The summed E-state index contributed by atoms with van der Waals surface area (Å²) in [6.07, 6.45) is 13.0. The highest BCUT2D eigenvalue weighted by Crippen LogP contribution is 2.36. The zero-order chi connectivity index (χ0) is 34.2. The van der Waals surface area contributed by atoms with Crippen LogP contribution in [-0.4, -0.2) is 40.7 Å². The number of ketones is 1. The molecule has 0 amide bonds. The highest BCUT2D eigenvalue weighted by atomic mass is 16.5. The molecule has 0 radical (unpaired) electrons. The van der Waals surface area contributed by atoms with E-state index < -0.39 is 0 Å². The minimum absolute atomic E-state index is 0.0379. The maximum Gasteiger partial charge on any atom is 0.178 e. The van der Waals surface area contributed by atoms with Crippen LogP contribution in [0.3, 0.4) is 0 Å². The number of hydrogen-bond donors (Lipinski definition) is 3. The van der Waals surface area contributed by atoms with E-state index in [2.05, 4.69) is 88.6 Å². The van der Waals surface area contributed by atoms with Crippen molar-refractivity contribution in [3.8, 4) is 11.5 Å². The SMILES string of the molecule is CCC/C1=c2\cc/c([nH]2)=C(\c2cccc(OC)c2)c2ccc([nH]2)C(=C2C=CC(=O)C=C2)c2ccc([nH]2)/C(c2cccc(OC)c2)=C2/C=CC1=N2. The van der Waals surface area contributed by atoms with E-state index in [-0.39, 0.29) is 5.78 Å². The third-order valence-electron chi connectivity index (χ3n) is 9.29. The smallest absolute Gasteiger partial charge is 0.178 e. The van der Waals surface area contributed by atoms with Crippen molar-refractivity contribution in [2.45, 2.75) is 19.8 Å². The Kier molecular flexibility index (Phi) is 8.01. The van der Waals surface area contributed by atoms with Crippen LogP contribution in [0, 0.1) is 0 Å². The fraction of sp³-hybridized carbons (Fsp3) is 0.116. The zero-order valence-electron chi connectivity index (χ0n) is 28.1. The van der Waals surface area contributed by atoms with Gasteiger partial charge in [0.2, 0.25) is 0 Å². The Morgan fingerprint density at radius 1 is 0.600 bits per heavy atom. The second-order valence-corrected chi connectivity index (χ2v) is 12.4. The Balaban J connectivity index is 1.47. The van der Waals surface area contributed by atoms with Crippen LogP contribution in [0.25, 0.3) is 22.3 Å². The number of carbonyl (C=O) groups excluding carboxylic acids is 1. The van der Waals surface area contributed by atoms with E-state index in [4.69, 9.17) is 14.5 Å². The van der Waals surface area contributed by atoms with Crippen molar-refractivity contribution >= 4 is 33.8 Å². The summed E-state index contributed by atoms with van der Waals surface area (Å²) in [6, 6.07) is 28.9. The van der Waals surface area contributed by atoms with E-state index in [1.165, 1.54) is 0 Å². The Hall–Kier alpha value is -6.34. The van der Waals surface area contributed by atoms with Gasteiger partial charge < -0.3 is 24.4 Å². The summed E-state index contributed by atoms with van der Waals surface area (Å²) in [5.41, 5.74) is 12.4. The molecule has 3 aliphatic rings. The molecule has 8 rings (SSSR count). The molecule has 2 aliphatic heterocycles. The molecule has 0 atom stereocenters. The number of H-pyrrole nitrogens is 3. The molecule has 0 spiro atoms. The van der Waals surface area contributed by atoms with Crippen molar-refractivity contribution in [3.05, 3.63) is 177 Å².